The van der Waals surface area contributed by atoms with Crippen molar-refractivity contribution in [1.29, 1.82) is 0 Å². The van der Waals surface area contributed by atoms with Gasteiger partial charge in [-0.25, -0.2) is 0 Å². The number of amides is 2. The van der Waals surface area contributed by atoms with Crippen molar-refractivity contribution in [2.75, 3.05) is 32.1 Å². The average Bonchev–Trinajstić information content (AvgIpc) is 2.42. The number of anilines is 1. The number of nitrogens with one attached hydrogen (secondary N) is 3. The molecule has 0 atom stereocenters. The van der Waals surface area contributed by atoms with Crippen molar-refractivity contribution in [1.82, 2.24) is 10.6 Å². The first-order chi connectivity index (χ1) is 10.3. The van der Waals surface area contributed by atoms with Crippen LogP contribution in [0.1, 0.15) is 31.1 Å². The number of carbonyl (C=O) groups excluding carboxylic acids is 2. The summed E-state index contributed by atoms with van der Waals surface area (Å²) >= 11 is 0. The molecule has 0 aliphatic rings. The van der Waals surface area contributed by atoms with E-state index in [-0.39, 0.29) is 23.9 Å². The Labute approximate surface area is 131 Å². The molecule has 0 aliphatic heterocycles. The fraction of sp³-hybridized carbons (Fsp3) is 0.500. The van der Waals surface area contributed by atoms with E-state index in [1.807, 2.05) is 20.8 Å². The highest BCUT2D eigenvalue weighted by molar-refractivity contribution is 5.97. The molecule has 0 aromatic heterocycles. The Morgan fingerprint density at radius 1 is 1.23 bits per heavy atom. The Kier molecular flexibility index (Phi) is 7.01. The molecule has 1 rings (SSSR count). The van der Waals surface area contributed by atoms with Crippen molar-refractivity contribution in [3.05, 3.63) is 29.8 Å². The van der Waals surface area contributed by atoms with Crippen molar-refractivity contribution >= 4 is 17.5 Å². The van der Waals surface area contributed by atoms with Crippen LogP contribution in [0.15, 0.2) is 24.3 Å². The summed E-state index contributed by atoms with van der Waals surface area (Å²) in [6.07, 6.45) is 0. The van der Waals surface area contributed by atoms with Gasteiger partial charge in [0.25, 0.3) is 5.91 Å². The number of rotatable bonds is 7. The van der Waals surface area contributed by atoms with Gasteiger partial charge in [-0.2, -0.15) is 0 Å². The van der Waals surface area contributed by atoms with Crippen LogP contribution in [0.3, 0.4) is 0 Å². The lowest BCUT2D eigenvalue weighted by atomic mass is 10.1. The molecule has 2 amide bonds. The summed E-state index contributed by atoms with van der Waals surface area (Å²) in [5, 5.41) is 8.60. The molecular formula is C16H25N3O3. The summed E-state index contributed by atoms with van der Waals surface area (Å²) in [5.41, 5.74) is 0.807. The molecule has 0 fully saturated rings. The van der Waals surface area contributed by atoms with Crippen molar-refractivity contribution in [3.63, 3.8) is 0 Å². The van der Waals surface area contributed by atoms with Crippen molar-refractivity contribution in [2.45, 2.75) is 26.3 Å². The number of ether oxygens (including phenoxy) is 1. The molecule has 6 heteroatoms. The first-order valence-electron chi connectivity index (χ1n) is 7.24. The van der Waals surface area contributed by atoms with E-state index in [9.17, 15) is 9.59 Å². The fourth-order valence-corrected chi connectivity index (χ4v) is 1.73. The lowest BCUT2D eigenvalue weighted by molar-refractivity contribution is -0.115. The van der Waals surface area contributed by atoms with Crippen LogP contribution in [0.2, 0.25) is 0 Å². The third-order valence-corrected chi connectivity index (χ3v) is 2.67. The van der Waals surface area contributed by atoms with Crippen LogP contribution < -0.4 is 16.0 Å². The standard InChI is InChI=1S/C16H25N3O3/c1-16(2,3)19-15(21)12-6-5-7-13(10-12)18-14(20)11-17-8-9-22-4/h5-7,10,17H,8-9,11H2,1-4H3,(H,18,20)(H,19,21). The van der Waals surface area contributed by atoms with Crippen LogP contribution in [-0.2, 0) is 9.53 Å². The van der Waals surface area contributed by atoms with E-state index < -0.39 is 0 Å². The second-order valence-corrected chi connectivity index (χ2v) is 6.00. The summed E-state index contributed by atoms with van der Waals surface area (Å²) in [6, 6.07) is 6.87. The average molecular weight is 307 g/mol. The Hall–Kier alpha value is -1.92. The molecule has 0 saturated heterocycles. The van der Waals surface area contributed by atoms with Crippen molar-refractivity contribution < 1.29 is 14.3 Å². The van der Waals surface area contributed by atoms with Crippen molar-refractivity contribution in [2.24, 2.45) is 0 Å². The second kappa shape index (κ2) is 8.51. The van der Waals surface area contributed by atoms with Gasteiger partial charge in [0.05, 0.1) is 13.2 Å². The monoisotopic (exact) mass is 307 g/mol. The van der Waals surface area contributed by atoms with Gasteiger partial charge in [-0.05, 0) is 39.0 Å². The van der Waals surface area contributed by atoms with Crippen LogP contribution in [-0.4, -0.2) is 44.2 Å². The van der Waals surface area contributed by atoms with Crippen LogP contribution in [0.25, 0.3) is 0 Å². The Bertz CT molecular complexity index is 510. The van der Waals surface area contributed by atoms with Gasteiger partial charge in [0.2, 0.25) is 5.91 Å². The van der Waals surface area contributed by atoms with Gasteiger partial charge in [0.15, 0.2) is 0 Å². The Morgan fingerprint density at radius 3 is 2.59 bits per heavy atom. The van der Waals surface area contributed by atoms with E-state index in [1.165, 1.54) is 0 Å². The zero-order chi connectivity index (χ0) is 16.6. The van der Waals surface area contributed by atoms with E-state index in [2.05, 4.69) is 16.0 Å². The molecule has 1 aromatic carbocycles. The highest BCUT2D eigenvalue weighted by Crippen LogP contribution is 2.12. The first-order valence-corrected chi connectivity index (χ1v) is 7.24. The summed E-state index contributed by atoms with van der Waals surface area (Å²) in [7, 11) is 1.61. The van der Waals surface area contributed by atoms with Crippen LogP contribution in [0.4, 0.5) is 5.69 Å². The zero-order valence-corrected chi connectivity index (χ0v) is 13.7. The van der Waals surface area contributed by atoms with Gasteiger partial charge in [0.1, 0.15) is 0 Å². The second-order valence-electron chi connectivity index (χ2n) is 6.00. The van der Waals surface area contributed by atoms with Crippen molar-refractivity contribution in [3.8, 4) is 0 Å². The number of carbonyl (C=O) groups is 2. The largest absolute Gasteiger partial charge is 0.383 e. The van der Waals surface area contributed by atoms with Gasteiger partial charge in [-0.1, -0.05) is 6.07 Å². The number of hydrogen-bond donors (Lipinski definition) is 3. The quantitative estimate of drug-likeness (QED) is 0.665. The predicted octanol–water partition coefficient (Wildman–Crippen LogP) is 1.39. The SMILES string of the molecule is COCCNCC(=O)Nc1cccc(C(=O)NC(C)(C)C)c1. The van der Waals surface area contributed by atoms with Gasteiger partial charge in [0, 0.05) is 30.4 Å². The molecule has 0 heterocycles. The van der Waals surface area contributed by atoms with Gasteiger partial charge in [-0.15, -0.1) is 0 Å². The van der Waals surface area contributed by atoms with E-state index in [0.29, 0.717) is 24.4 Å². The third-order valence-electron chi connectivity index (χ3n) is 2.67. The van der Waals surface area contributed by atoms with E-state index in [1.54, 1.807) is 31.4 Å². The topological polar surface area (TPSA) is 79.5 Å². The van der Waals surface area contributed by atoms with Crippen LogP contribution in [0, 0.1) is 0 Å². The minimum absolute atomic E-state index is 0.163. The molecule has 0 unspecified atom stereocenters. The normalized spacial score (nSPS) is 11.1. The molecule has 0 radical (unpaired) electrons. The molecule has 0 spiro atoms. The molecule has 0 aliphatic carbocycles. The minimum atomic E-state index is -0.304. The Balaban J connectivity index is 2.57. The molecule has 1 aromatic rings. The molecule has 6 nitrogen and oxygen atoms in total. The molecule has 22 heavy (non-hydrogen) atoms. The zero-order valence-electron chi connectivity index (χ0n) is 13.7. The summed E-state index contributed by atoms with van der Waals surface area (Å²) in [5.74, 6) is -0.327. The highest BCUT2D eigenvalue weighted by atomic mass is 16.5. The maximum atomic E-state index is 12.1. The number of methoxy groups -OCH3 is 1. The van der Waals surface area contributed by atoms with Gasteiger partial charge < -0.3 is 20.7 Å². The molecule has 3 N–H and O–H groups in total. The predicted molar refractivity (Wildman–Crippen MR) is 87.0 cm³/mol. The lowest BCUT2D eigenvalue weighted by Gasteiger charge is -2.20. The fourth-order valence-electron chi connectivity index (χ4n) is 1.73. The molecule has 122 valence electrons. The van der Waals surface area contributed by atoms with Gasteiger partial charge >= 0.3 is 0 Å². The molecule has 0 bridgehead atoms. The Morgan fingerprint density at radius 2 is 1.95 bits per heavy atom. The number of benzene rings is 1. The minimum Gasteiger partial charge on any atom is -0.383 e. The van der Waals surface area contributed by atoms with Crippen LogP contribution in [0.5, 0.6) is 0 Å². The smallest absolute Gasteiger partial charge is 0.251 e. The number of hydrogen-bond acceptors (Lipinski definition) is 4. The highest BCUT2D eigenvalue weighted by Gasteiger charge is 2.15. The molecule has 0 saturated carbocycles. The summed E-state index contributed by atoms with van der Waals surface area (Å²) < 4.78 is 4.89. The summed E-state index contributed by atoms with van der Waals surface area (Å²) in [4.78, 5) is 23.9. The first kappa shape index (κ1) is 18.1. The maximum Gasteiger partial charge on any atom is 0.251 e. The third kappa shape index (κ3) is 7.19. The lowest BCUT2D eigenvalue weighted by Crippen LogP contribution is -2.40. The van der Waals surface area contributed by atoms with E-state index in [0.717, 1.165) is 0 Å². The summed E-state index contributed by atoms with van der Waals surface area (Å²) in [6.45, 7) is 7.11. The molecular weight excluding hydrogens is 282 g/mol. The van der Waals surface area contributed by atoms with Gasteiger partial charge in [-0.3, -0.25) is 9.59 Å². The van der Waals surface area contributed by atoms with E-state index in [4.69, 9.17) is 4.74 Å². The van der Waals surface area contributed by atoms with E-state index >= 15 is 0 Å². The van der Waals surface area contributed by atoms with Crippen LogP contribution >= 0.6 is 0 Å². The maximum absolute atomic E-state index is 12.1.